The van der Waals surface area contributed by atoms with E-state index in [9.17, 15) is 13.2 Å². The lowest BCUT2D eigenvalue weighted by atomic mass is 10.2. The van der Waals surface area contributed by atoms with Gasteiger partial charge in [0.05, 0.1) is 17.3 Å². The molecule has 0 atom stereocenters. The Morgan fingerprint density at radius 2 is 1.96 bits per heavy atom. The first kappa shape index (κ1) is 18.7. The number of benzene rings is 1. The Hall–Kier alpha value is -3.11. The molecule has 3 aromatic rings. The number of hydrogen-bond acceptors (Lipinski definition) is 6. The molecule has 0 bridgehead atoms. The van der Waals surface area contributed by atoms with Gasteiger partial charge in [-0.25, -0.2) is 27.4 Å². The van der Waals surface area contributed by atoms with Crippen LogP contribution >= 0.6 is 0 Å². The van der Waals surface area contributed by atoms with Gasteiger partial charge in [0.1, 0.15) is 5.69 Å². The van der Waals surface area contributed by atoms with Crippen LogP contribution in [0, 0.1) is 6.92 Å². The first-order valence-corrected chi connectivity index (χ1v) is 9.39. The number of hydrogen-bond donors (Lipinski definition) is 1. The molecule has 0 radical (unpaired) electrons. The van der Waals surface area contributed by atoms with Gasteiger partial charge >= 0.3 is 0 Å². The van der Waals surface area contributed by atoms with Crippen LogP contribution in [0.5, 0.6) is 0 Å². The van der Waals surface area contributed by atoms with Crippen molar-refractivity contribution in [2.75, 3.05) is 19.4 Å². The van der Waals surface area contributed by atoms with Gasteiger partial charge in [-0.3, -0.25) is 4.79 Å². The molecule has 3 rings (SSSR count). The van der Waals surface area contributed by atoms with Crippen LogP contribution in [-0.2, 0) is 10.0 Å². The number of carbonyl (C=O) groups excluding carboxylic acids is 1. The van der Waals surface area contributed by atoms with Crippen LogP contribution in [0.4, 0.5) is 5.69 Å². The Balaban J connectivity index is 1.82. The third kappa shape index (κ3) is 3.86. The lowest BCUT2D eigenvalue weighted by molar-refractivity contribution is 0.102. The van der Waals surface area contributed by atoms with Gasteiger partial charge in [0.25, 0.3) is 5.91 Å². The van der Waals surface area contributed by atoms with E-state index in [-0.39, 0.29) is 10.6 Å². The van der Waals surface area contributed by atoms with Crippen LogP contribution in [-0.4, -0.2) is 52.5 Å². The van der Waals surface area contributed by atoms with Crippen LogP contribution in [0.3, 0.4) is 0 Å². The van der Waals surface area contributed by atoms with Crippen molar-refractivity contribution in [3.63, 3.8) is 0 Å². The summed E-state index contributed by atoms with van der Waals surface area (Å²) in [5, 5.41) is 6.68. The predicted octanol–water partition coefficient (Wildman–Crippen LogP) is 1.47. The molecule has 0 spiro atoms. The molecule has 0 fully saturated rings. The highest BCUT2D eigenvalue weighted by Gasteiger charge is 2.20. The van der Waals surface area contributed by atoms with E-state index in [0.717, 1.165) is 4.31 Å². The van der Waals surface area contributed by atoms with Crippen molar-refractivity contribution >= 4 is 21.6 Å². The van der Waals surface area contributed by atoms with E-state index in [1.54, 1.807) is 37.5 Å². The van der Waals surface area contributed by atoms with E-state index in [0.29, 0.717) is 17.1 Å². The average molecular weight is 386 g/mol. The molecule has 2 aromatic heterocycles. The SMILES string of the molecule is Cc1ccc(NC(=O)c2cnc(-n3cccn3)cn2)cc1S(=O)(=O)N(C)C. The molecule has 10 heteroatoms. The largest absolute Gasteiger partial charge is 0.321 e. The number of aryl methyl sites for hydroxylation is 1. The minimum atomic E-state index is -3.62. The Labute approximate surface area is 156 Å². The normalized spacial score (nSPS) is 11.6. The summed E-state index contributed by atoms with van der Waals surface area (Å²) in [6.45, 7) is 1.70. The summed E-state index contributed by atoms with van der Waals surface area (Å²) in [7, 11) is -0.707. The number of nitrogens with one attached hydrogen (secondary N) is 1. The minimum absolute atomic E-state index is 0.100. The van der Waals surface area contributed by atoms with E-state index >= 15 is 0 Å². The van der Waals surface area contributed by atoms with Gasteiger partial charge in [-0.1, -0.05) is 6.07 Å². The Morgan fingerprint density at radius 1 is 1.19 bits per heavy atom. The fraction of sp³-hybridized carbons (Fsp3) is 0.176. The van der Waals surface area contributed by atoms with E-state index in [1.165, 1.54) is 37.2 Å². The summed E-state index contributed by atoms with van der Waals surface area (Å²) < 4.78 is 27.4. The average Bonchev–Trinajstić information content (AvgIpc) is 3.18. The quantitative estimate of drug-likeness (QED) is 0.711. The molecule has 140 valence electrons. The fourth-order valence-corrected chi connectivity index (χ4v) is 3.45. The summed E-state index contributed by atoms with van der Waals surface area (Å²) in [5.41, 5.74) is 1.04. The second-order valence-corrected chi connectivity index (χ2v) is 8.05. The van der Waals surface area contributed by atoms with E-state index in [4.69, 9.17) is 0 Å². The maximum atomic E-state index is 12.4. The highest BCUT2D eigenvalue weighted by atomic mass is 32.2. The highest BCUT2D eigenvalue weighted by Crippen LogP contribution is 2.22. The predicted molar refractivity (Wildman–Crippen MR) is 99.2 cm³/mol. The molecule has 0 aliphatic carbocycles. The lowest BCUT2D eigenvalue weighted by Crippen LogP contribution is -2.23. The molecule has 1 N–H and O–H groups in total. The molecule has 1 amide bonds. The zero-order chi connectivity index (χ0) is 19.6. The molecule has 0 saturated carbocycles. The summed E-state index contributed by atoms with van der Waals surface area (Å²) in [4.78, 5) is 20.8. The van der Waals surface area contributed by atoms with Crippen molar-refractivity contribution in [3.8, 4) is 5.82 Å². The first-order chi connectivity index (χ1) is 12.8. The fourth-order valence-electron chi connectivity index (χ4n) is 2.31. The monoisotopic (exact) mass is 386 g/mol. The molecule has 0 saturated heterocycles. The van der Waals surface area contributed by atoms with E-state index in [2.05, 4.69) is 20.4 Å². The van der Waals surface area contributed by atoms with Gasteiger partial charge in [-0.15, -0.1) is 0 Å². The molecule has 0 aliphatic heterocycles. The summed E-state index contributed by atoms with van der Waals surface area (Å²) in [6.07, 6.45) is 6.08. The topological polar surface area (TPSA) is 110 Å². The van der Waals surface area contributed by atoms with Gasteiger partial charge in [0.15, 0.2) is 5.82 Å². The standard InChI is InChI=1S/C17H18N6O3S/c1-12-5-6-13(9-15(12)27(25,26)22(2)3)21-17(24)14-10-19-16(11-18-14)23-8-4-7-20-23/h4-11H,1-3H3,(H,21,24). The number of nitrogens with zero attached hydrogens (tertiary/aromatic N) is 5. The number of aromatic nitrogens is 4. The third-order valence-corrected chi connectivity index (χ3v) is 5.77. The van der Waals surface area contributed by atoms with Crippen LogP contribution in [0.1, 0.15) is 16.1 Å². The van der Waals surface area contributed by atoms with Gasteiger partial charge in [-0.2, -0.15) is 5.10 Å². The summed E-state index contributed by atoms with van der Waals surface area (Å²) in [6, 6.07) is 6.44. The van der Waals surface area contributed by atoms with Gasteiger partial charge in [0.2, 0.25) is 10.0 Å². The van der Waals surface area contributed by atoms with Crippen LogP contribution in [0.25, 0.3) is 5.82 Å². The number of carbonyl (C=O) groups is 1. The van der Waals surface area contributed by atoms with Crippen LogP contribution < -0.4 is 5.32 Å². The second-order valence-electron chi connectivity index (χ2n) is 5.93. The molecule has 0 aliphatic rings. The number of anilines is 1. The molecule has 2 heterocycles. The maximum absolute atomic E-state index is 12.4. The Morgan fingerprint density at radius 3 is 2.56 bits per heavy atom. The van der Waals surface area contributed by atoms with E-state index in [1.807, 2.05) is 0 Å². The second kappa shape index (κ2) is 7.25. The zero-order valence-corrected chi connectivity index (χ0v) is 15.8. The van der Waals surface area contributed by atoms with Crippen LogP contribution in [0.2, 0.25) is 0 Å². The third-order valence-electron chi connectivity index (χ3n) is 3.81. The van der Waals surface area contributed by atoms with Gasteiger partial charge in [0, 0.05) is 32.2 Å². The van der Waals surface area contributed by atoms with Crippen molar-refractivity contribution in [2.45, 2.75) is 11.8 Å². The maximum Gasteiger partial charge on any atom is 0.275 e. The molecule has 1 aromatic carbocycles. The smallest absolute Gasteiger partial charge is 0.275 e. The van der Waals surface area contributed by atoms with Crippen molar-refractivity contribution in [1.29, 1.82) is 0 Å². The molecule has 27 heavy (non-hydrogen) atoms. The van der Waals surface area contributed by atoms with Crippen molar-refractivity contribution in [1.82, 2.24) is 24.1 Å². The summed E-state index contributed by atoms with van der Waals surface area (Å²) in [5.74, 6) is -0.0159. The molecule has 9 nitrogen and oxygen atoms in total. The molecular weight excluding hydrogens is 368 g/mol. The highest BCUT2D eigenvalue weighted by molar-refractivity contribution is 7.89. The van der Waals surface area contributed by atoms with Crippen LogP contribution in [0.15, 0.2) is 53.9 Å². The van der Waals surface area contributed by atoms with Gasteiger partial charge in [-0.05, 0) is 30.7 Å². The van der Waals surface area contributed by atoms with Crippen molar-refractivity contribution in [2.24, 2.45) is 0 Å². The first-order valence-electron chi connectivity index (χ1n) is 7.95. The van der Waals surface area contributed by atoms with Crippen molar-refractivity contribution < 1.29 is 13.2 Å². The molecule has 0 unspecified atom stereocenters. The number of rotatable bonds is 5. The number of amides is 1. The van der Waals surface area contributed by atoms with Crippen molar-refractivity contribution in [3.05, 3.63) is 60.3 Å². The summed E-state index contributed by atoms with van der Waals surface area (Å²) >= 11 is 0. The Bertz CT molecular complexity index is 1060. The Kier molecular flexibility index (Phi) is 5.02. The zero-order valence-electron chi connectivity index (χ0n) is 15.0. The molecular formula is C17H18N6O3S. The van der Waals surface area contributed by atoms with E-state index < -0.39 is 15.9 Å². The lowest BCUT2D eigenvalue weighted by Gasteiger charge is -2.15. The number of sulfonamides is 1. The van der Waals surface area contributed by atoms with Gasteiger partial charge < -0.3 is 5.32 Å². The minimum Gasteiger partial charge on any atom is -0.321 e.